The van der Waals surface area contributed by atoms with E-state index in [1.165, 1.54) is 0 Å². The van der Waals surface area contributed by atoms with Crippen molar-refractivity contribution >= 4 is 35.1 Å². The van der Waals surface area contributed by atoms with Crippen LogP contribution in [0.3, 0.4) is 0 Å². The molecule has 2 aliphatic heterocycles. The highest BCUT2D eigenvalue weighted by Gasteiger charge is 2.22. The Morgan fingerprint density at radius 1 is 0.909 bits per heavy atom. The van der Waals surface area contributed by atoms with Gasteiger partial charge in [-0.05, 0) is 48.2 Å². The van der Waals surface area contributed by atoms with Gasteiger partial charge in [0.2, 0.25) is 11.8 Å². The molecule has 2 unspecified atom stereocenters. The molecule has 0 aliphatic carbocycles. The van der Waals surface area contributed by atoms with Crippen LogP contribution in [-0.4, -0.2) is 43.0 Å². The lowest BCUT2D eigenvalue weighted by Gasteiger charge is -2.11. The Morgan fingerprint density at radius 3 is 2.06 bits per heavy atom. The van der Waals surface area contributed by atoms with Crippen LogP contribution < -0.4 is 32.3 Å². The maximum atomic E-state index is 12.0. The number of halogens is 1. The third-order valence-corrected chi connectivity index (χ3v) is 5.52. The van der Waals surface area contributed by atoms with Crippen molar-refractivity contribution in [1.29, 1.82) is 0 Å². The molecule has 176 valence electrons. The number of anilines is 1. The predicted octanol–water partition coefficient (Wildman–Crippen LogP) is 1.47. The average Bonchev–Trinajstić information content (AvgIpc) is 3.40. The zero-order valence-corrected chi connectivity index (χ0v) is 19.0. The lowest BCUT2D eigenvalue weighted by molar-refractivity contribution is -0.121. The second-order valence-electron chi connectivity index (χ2n) is 7.83. The molecule has 2 fully saturated rings. The first-order chi connectivity index (χ1) is 15.9. The van der Waals surface area contributed by atoms with Crippen LogP contribution in [0, 0.1) is 0 Å². The number of amides is 4. The molecule has 2 aliphatic rings. The normalized spacial score (nSPS) is 19.2. The van der Waals surface area contributed by atoms with Crippen molar-refractivity contribution in [2.24, 2.45) is 5.73 Å². The fourth-order valence-electron chi connectivity index (χ4n) is 3.31. The first kappa shape index (κ1) is 24.5. The van der Waals surface area contributed by atoms with Crippen molar-refractivity contribution in [3.63, 3.8) is 0 Å². The monoisotopic (exact) mass is 472 g/mol. The molecule has 0 saturated carbocycles. The molecule has 2 saturated heterocycles. The third-order valence-electron chi connectivity index (χ3n) is 5.27. The van der Waals surface area contributed by atoms with Crippen molar-refractivity contribution in [3.8, 4) is 0 Å². The molecule has 2 aromatic rings. The lowest BCUT2D eigenvalue weighted by atomic mass is 10.2. The minimum Gasteiger partial charge on any atom is -0.355 e. The molecule has 2 atom stereocenters. The van der Waals surface area contributed by atoms with Gasteiger partial charge in [0.1, 0.15) is 0 Å². The molecule has 2 heterocycles. The Hall–Kier alpha value is -3.14. The van der Waals surface area contributed by atoms with Gasteiger partial charge in [-0.2, -0.15) is 0 Å². The van der Waals surface area contributed by atoms with Gasteiger partial charge in [0.25, 0.3) is 0 Å². The van der Waals surface area contributed by atoms with E-state index in [0.717, 1.165) is 37.1 Å². The van der Waals surface area contributed by atoms with Gasteiger partial charge in [-0.15, -0.1) is 0 Å². The molecular formula is C23H29ClN6O3. The van der Waals surface area contributed by atoms with E-state index in [4.69, 9.17) is 17.3 Å². The molecule has 0 bridgehead atoms. The number of rotatable bonds is 6. The number of hydrogen-bond donors (Lipinski definition) is 6. The van der Waals surface area contributed by atoms with Gasteiger partial charge in [0.05, 0.1) is 12.1 Å². The minimum absolute atomic E-state index is 0.0139. The molecule has 33 heavy (non-hydrogen) atoms. The van der Waals surface area contributed by atoms with Crippen LogP contribution in [0.1, 0.15) is 24.0 Å². The van der Waals surface area contributed by atoms with E-state index in [0.29, 0.717) is 23.8 Å². The predicted molar refractivity (Wildman–Crippen MR) is 128 cm³/mol. The summed E-state index contributed by atoms with van der Waals surface area (Å²) in [5.41, 5.74) is 8.00. The maximum Gasteiger partial charge on any atom is 0.319 e. The van der Waals surface area contributed by atoms with E-state index < -0.39 is 0 Å². The highest BCUT2D eigenvalue weighted by molar-refractivity contribution is 6.30. The summed E-state index contributed by atoms with van der Waals surface area (Å²) in [5.74, 6) is 0.0423. The molecular weight excluding hydrogens is 444 g/mol. The number of benzene rings is 2. The third kappa shape index (κ3) is 8.05. The van der Waals surface area contributed by atoms with Crippen LogP contribution in [0.25, 0.3) is 0 Å². The summed E-state index contributed by atoms with van der Waals surface area (Å²) >= 11 is 5.84. The molecule has 2 aromatic carbocycles. The van der Waals surface area contributed by atoms with Gasteiger partial charge in [-0.25, -0.2) is 4.79 Å². The lowest BCUT2D eigenvalue weighted by Crippen LogP contribution is -2.35. The van der Waals surface area contributed by atoms with Crippen molar-refractivity contribution in [2.75, 3.05) is 18.4 Å². The van der Waals surface area contributed by atoms with Gasteiger partial charge in [-0.1, -0.05) is 35.9 Å². The van der Waals surface area contributed by atoms with Crippen molar-refractivity contribution in [2.45, 2.75) is 38.0 Å². The van der Waals surface area contributed by atoms with Crippen molar-refractivity contribution in [3.05, 3.63) is 64.7 Å². The summed E-state index contributed by atoms with van der Waals surface area (Å²) in [6.45, 7) is 2.51. The molecule has 0 spiro atoms. The quantitative estimate of drug-likeness (QED) is 0.378. The zero-order valence-electron chi connectivity index (χ0n) is 18.2. The van der Waals surface area contributed by atoms with Crippen molar-refractivity contribution < 1.29 is 14.4 Å². The summed E-state index contributed by atoms with van der Waals surface area (Å²) in [6.07, 6.45) is 1.60. The van der Waals surface area contributed by atoms with Crippen LogP contribution in [0.15, 0.2) is 48.5 Å². The van der Waals surface area contributed by atoms with Gasteiger partial charge in [-0.3, -0.25) is 9.59 Å². The fourth-order valence-corrected chi connectivity index (χ4v) is 3.43. The summed E-state index contributed by atoms with van der Waals surface area (Å²) in [5, 5.41) is 14.9. The van der Waals surface area contributed by atoms with Crippen LogP contribution in [0.4, 0.5) is 10.5 Å². The highest BCUT2D eigenvalue weighted by Crippen LogP contribution is 2.11. The van der Waals surface area contributed by atoms with Crippen LogP contribution in [0.2, 0.25) is 5.02 Å². The number of hydrogen-bond acceptors (Lipinski definition) is 5. The van der Waals surface area contributed by atoms with E-state index in [9.17, 15) is 14.4 Å². The number of carbonyl (C=O) groups is 3. The molecule has 4 amide bonds. The first-order valence-corrected chi connectivity index (χ1v) is 11.2. The van der Waals surface area contributed by atoms with Gasteiger partial charge in [0.15, 0.2) is 0 Å². The Labute approximate surface area is 197 Å². The maximum absolute atomic E-state index is 12.0. The van der Waals surface area contributed by atoms with Crippen LogP contribution in [-0.2, 0) is 22.7 Å². The Kier molecular flexibility index (Phi) is 9.05. The van der Waals surface area contributed by atoms with Gasteiger partial charge >= 0.3 is 6.03 Å². The van der Waals surface area contributed by atoms with E-state index in [2.05, 4.69) is 26.6 Å². The van der Waals surface area contributed by atoms with E-state index in [-0.39, 0.29) is 29.9 Å². The first-order valence-electron chi connectivity index (χ1n) is 10.8. The van der Waals surface area contributed by atoms with Crippen molar-refractivity contribution in [1.82, 2.24) is 21.3 Å². The molecule has 0 radical (unpaired) electrons. The average molecular weight is 473 g/mol. The molecule has 0 aromatic heterocycles. The van der Waals surface area contributed by atoms with Gasteiger partial charge in [0, 0.05) is 36.9 Å². The van der Waals surface area contributed by atoms with Crippen LogP contribution >= 0.6 is 11.6 Å². The summed E-state index contributed by atoms with van der Waals surface area (Å²) in [6, 6.07) is 14.2. The summed E-state index contributed by atoms with van der Waals surface area (Å²) < 4.78 is 0. The largest absolute Gasteiger partial charge is 0.355 e. The van der Waals surface area contributed by atoms with E-state index >= 15 is 0 Å². The number of nitrogens with two attached hydrogens (primary N) is 1. The molecule has 9 nitrogen and oxygen atoms in total. The Balaban J connectivity index is 0.000000374. The molecule has 7 N–H and O–H groups in total. The molecule has 4 rings (SSSR count). The second kappa shape index (κ2) is 12.2. The topological polar surface area (TPSA) is 137 Å². The smallest absolute Gasteiger partial charge is 0.319 e. The van der Waals surface area contributed by atoms with Gasteiger partial charge < -0.3 is 32.3 Å². The van der Waals surface area contributed by atoms with Crippen LogP contribution in [0.5, 0.6) is 0 Å². The summed E-state index contributed by atoms with van der Waals surface area (Å²) in [7, 11) is 0. The Bertz CT molecular complexity index is 952. The summed E-state index contributed by atoms with van der Waals surface area (Å²) in [4.78, 5) is 33.8. The molecule has 10 heteroatoms. The fraction of sp³-hybridized carbons (Fsp3) is 0.348. The zero-order chi connectivity index (χ0) is 23.6. The number of nitrogens with one attached hydrogen (secondary N) is 5. The highest BCUT2D eigenvalue weighted by atomic mass is 35.5. The van der Waals surface area contributed by atoms with E-state index in [1.807, 2.05) is 36.4 Å². The standard InChI is InChI=1S/C19H21ClN4O2.C4H8N2O/c20-15-5-1-13(2-6-15)12-23-19(26)24-16-7-3-14(4-8-16)11-22-17-9-10-21-18(17)25;5-3-1-2-6-4(3)7/h1-8,17,22H,9-12H2,(H,21,25)(H2,23,24,26);3H,1-2,5H2,(H,6,7). The number of urea groups is 1. The Morgan fingerprint density at radius 2 is 1.52 bits per heavy atom. The number of carbonyl (C=O) groups excluding carboxylic acids is 3. The van der Waals surface area contributed by atoms with E-state index in [1.54, 1.807) is 12.1 Å². The minimum atomic E-state index is -0.270. The second-order valence-corrected chi connectivity index (χ2v) is 8.27. The SMILES string of the molecule is NC1CCNC1=O.O=C(NCc1ccc(Cl)cc1)Nc1ccc(CNC2CCNC2=O)cc1.